The maximum absolute atomic E-state index is 12.7. The van der Waals surface area contributed by atoms with Crippen molar-refractivity contribution >= 4 is 23.5 Å². The minimum absolute atomic E-state index is 0.0322. The summed E-state index contributed by atoms with van der Waals surface area (Å²) < 4.78 is 5.56. The molecule has 3 rings (SSSR count). The van der Waals surface area contributed by atoms with Crippen LogP contribution in [0.5, 0.6) is 5.75 Å². The quantitative estimate of drug-likeness (QED) is 0.818. The average Bonchev–Trinajstić information content (AvgIpc) is 2.86. The van der Waals surface area contributed by atoms with Crippen molar-refractivity contribution in [1.82, 2.24) is 0 Å². The predicted molar refractivity (Wildman–Crippen MR) is 91.1 cm³/mol. The summed E-state index contributed by atoms with van der Waals surface area (Å²) in [6.07, 6.45) is 0.271. The van der Waals surface area contributed by atoms with Gasteiger partial charge in [0, 0.05) is 6.42 Å². The van der Waals surface area contributed by atoms with Crippen molar-refractivity contribution in [1.29, 1.82) is 0 Å². The second-order valence-electron chi connectivity index (χ2n) is 5.62. The van der Waals surface area contributed by atoms with Crippen molar-refractivity contribution in [3.05, 3.63) is 59.2 Å². The molecular formula is C19H17NO5. The second kappa shape index (κ2) is 6.76. The number of carbonyl (C=O) groups is 3. The van der Waals surface area contributed by atoms with Gasteiger partial charge in [0.1, 0.15) is 5.75 Å². The Bertz CT molecular complexity index is 824. The van der Waals surface area contributed by atoms with E-state index in [1.165, 1.54) is 0 Å². The van der Waals surface area contributed by atoms with Gasteiger partial charge in [-0.3, -0.25) is 14.4 Å². The summed E-state index contributed by atoms with van der Waals surface area (Å²) in [5.41, 5.74) is 1.77. The van der Waals surface area contributed by atoms with Crippen LogP contribution >= 0.6 is 0 Å². The van der Waals surface area contributed by atoms with Crippen LogP contribution in [0.2, 0.25) is 0 Å². The Morgan fingerprint density at radius 1 is 1.08 bits per heavy atom. The van der Waals surface area contributed by atoms with E-state index < -0.39 is 17.8 Å². The summed E-state index contributed by atoms with van der Waals surface area (Å²) in [5.74, 6) is -1.30. The third-order valence-corrected chi connectivity index (χ3v) is 3.99. The summed E-state index contributed by atoms with van der Waals surface area (Å²) in [6.45, 7) is 2.19. The second-order valence-corrected chi connectivity index (χ2v) is 5.62. The van der Waals surface area contributed by atoms with E-state index in [-0.39, 0.29) is 6.42 Å². The maximum atomic E-state index is 12.7. The highest BCUT2D eigenvalue weighted by atomic mass is 16.5. The molecule has 0 radical (unpaired) electrons. The zero-order chi connectivity index (χ0) is 18.0. The van der Waals surface area contributed by atoms with E-state index in [2.05, 4.69) is 0 Å². The predicted octanol–water partition coefficient (Wildman–Crippen LogP) is 2.90. The molecule has 0 saturated carbocycles. The van der Waals surface area contributed by atoms with Crippen molar-refractivity contribution in [3.8, 4) is 5.75 Å². The molecule has 1 heterocycles. The summed E-state index contributed by atoms with van der Waals surface area (Å²) in [7, 11) is 0. The fourth-order valence-electron chi connectivity index (χ4n) is 2.83. The lowest BCUT2D eigenvalue weighted by atomic mass is 10.1. The number of anilines is 1. The van der Waals surface area contributed by atoms with Crippen LogP contribution in [-0.4, -0.2) is 29.5 Å². The number of imide groups is 1. The summed E-state index contributed by atoms with van der Waals surface area (Å²) in [6, 6.07) is 11.7. The molecule has 25 heavy (non-hydrogen) atoms. The molecule has 6 nitrogen and oxygen atoms in total. The molecule has 2 aromatic rings. The van der Waals surface area contributed by atoms with Crippen LogP contribution in [0.3, 0.4) is 0 Å². The first-order valence-electron chi connectivity index (χ1n) is 7.98. The molecule has 0 spiro atoms. The van der Waals surface area contributed by atoms with Crippen LogP contribution in [0.15, 0.2) is 42.5 Å². The van der Waals surface area contributed by atoms with Gasteiger partial charge in [-0.1, -0.05) is 18.2 Å². The number of aliphatic carboxylic acids is 1. The van der Waals surface area contributed by atoms with Crippen LogP contribution < -0.4 is 9.64 Å². The molecule has 0 saturated heterocycles. The zero-order valence-electron chi connectivity index (χ0n) is 13.7. The molecule has 0 aromatic heterocycles. The van der Waals surface area contributed by atoms with Gasteiger partial charge in [0.25, 0.3) is 11.8 Å². The Kier molecular flexibility index (Phi) is 4.52. The summed E-state index contributed by atoms with van der Waals surface area (Å²) in [5, 5.41) is 8.85. The molecule has 2 aromatic carbocycles. The molecule has 6 heteroatoms. The fraction of sp³-hybridized carbons (Fsp3) is 0.211. The van der Waals surface area contributed by atoms with Gasteiger partial charge in [-0.2, -0.15) is 0 Å². The highest BCUT2D eigenvalue weighted by Gasteiger charge is 2.37. The first kappa shape index (κ1) is 16.7. The Morgan fingerprint density at radius 3 is 2.28 bits per heavy atom. The van der Waals surface area contributed by atoms with Crippen molar-refractivity contribution < 1.29 is 24.2 Å². The van der Waals surface area contributed by atoms with Crippen molar-refractivity contribution in [2.45, 2.75) is 19.8 Å². The molecule has 1 N–H and O–H groups in total. The number of hydrogen-bond acceptors (Lipinski definition) is 4. The SMILES string of the molecule is CCOc1ccc(CCC(=O)O)cc1N1C(=O)c2ccccc2C1=O. The maximum Gasteiger partial charge on any atom is 0.303 e. The molecule has 128 valence electrons. The van der Waals surface area contributed by atoms with Gasteiger partial charge in [-0.15, -0.1) is 0 Å². The Hall–Kier alpha value is -3.15. The molecule has 0 aliphatic carbocycles. The number of nitrogens with zero attached hydrogens (tertiary/aromatic N) is 1. The molecule has 0 bridgehead atoms. The Labute approximate surface area is 144 Å². The van der Waals surface area contributed by atoms with Crippen LogP contribution in [-0.2, 0) is 11.2 Å². The molecule has 0 fully saturated rings. The number of amides is 2. The molecule has 0 atom stereocenters. The van der Waals surface area contributed by atoms with Crippen molar-refractivity contribution in [2.24, 2.45) is 0 Å². The number of carbonyl (C=O) groups excluding carboxylic acids is 2. The smallest absolute Gasteiger partial charge is 0.303 e. The van der Waals surface area contributed by atoms with Crippen molar-refractivity contribution in [2.75, 3.05) is 11.5 Å². The van der Waals surface area contributed by atoms with Crippen LogP contribution in [0.4, 0.5) is 5.69 Å². The fourth-order valence-corrected chi connectivity index (χ4v) is 2.83. The monoisotopic (exact) mass is 339 g/mol. The third kappa shape index (κ3) is 3.10. The van der Waals surface area contributed by atoms with E-state index in [0.29, 0.717) is 35.6 Å². The zero-order valence-corrected chi connectivity index (χ0v) is 13.7. The van der Waals surface area contributed by atoms with E-state index in [4.69, 9.17) is 9.84 Å². The van der Waals surface area contributed by atoms with Gasteiger partial charge in [-0.25, -0.2) is 4.90 Å². The summed E-state index contributed by atoms with van der Waals surface area (Å²) in [4.78, 5) is 37.3. The third-order valence-electron chi connectivity index (χ3n) is 3.99. The van der Waals surface area contributed by atoms with Gasteiger partial charge in [-0.05, 0) is 43.2 Å². The number of rotatable bonds is 6. The normalized spacial score (nSPS) is 13.1. The van der Waals surface area contributed by atoms with Crippen molar-refractivity contribution in [3.63, 3.8) is 0 Å². The number of hydrogen-bond donors (Lipinski definition) is 1. The number of carboxylic acid groups (broad SMARTS) is 1. The lowest BCUT2D eigenvalue weighted by molar-refractivity contribution is -0.136. The molecule has 1 aliphatic rings. The molecule has 1 aliphatic heterocycles. The molecule has 0 unspecified atom stereocenters. The molecule has 2 amide bonds. The highest BCUT2D eigenvalue weighted by molar-refractivity contribution is 6.34. The Balaban J connectivity index is 2.03. The number of benzene rings is 2. The molecular weight excluding hydrogens is 322 g/mol. The van der Waals surface area contributed by atoms with E-state index >= 15 is 0 Å². The number of fused-ring (bicyclic) bond motifs is 1. The first-order chi connectivity index (χ1) is 12.0. The lowest BCUT2D eigenvalue weighted by Crippen LogP contribution is -2.30. The highest BCUT2D eigenvalue weighted by Crippen LogP contribution is 2.36. The summed E-state index contributed by atoms with van der Waals surface area (Å²) >= 11 is 0. The van der Waals surface area contributed by atoms with Crippen LogP contribution in [0, 0.1) is 0 Å². The minimum atomic E-state index is -0.906. The first-order valence-corrected chi connectivity index (χ1v) is 7.98. The van der Waals surface area contributed by atoms with Gasteiger partial charge in [0.2, 0.25) is 0 Å². The number of ether oxygens (including phenoxy) is 1. The van der Waals surface area contributed by atoms with Gasteiger partial charge in [0.15, 0.2) is 0 Å². The van der Waals surface area contributed by atoms with E-state index in [0.717, 1.165) is 10.5 Å². The average molecular weight is 339 g/mol. The van der Waals surface area contributed by atoms with E-state index in [1.54, 1.807) is 42.5 Å². The van der Waals surface area contributed by atoms with Crippen LogP contribution in [0.1, 0.15) is 39.6 Å². The minimum Gasteiger partial charge on any atom is -0.492 e. The lowest BCUT2D eigenvalue weighted by Gasteiger charge is -2.19. The Morgan fingerprint density at radius 2 is 1.72 bits per heavy atom. The van der Waals surface area contributed by atoms with Gasteiger partial charge < -0.3 is 9.84 Å². The van der Waals surface area contributed by atoms with Gasteiger partial charge in [0.05, 0.1) is 23.4 Å². The largest absolute Gasteiger partial charge is 0.492 e. The number of aryl methyl sites for hydroxylation is 1. The van der Waals surface area contributed by atoms with Crippen LogP contribution in [0.25, 0.3) is 0 Å². The van der Waals surface area contributed by atoms with Gasteiger partial charge >= 0.3 is 5.97 Å². The standard InChI is InChI=1S/C19H17NO5/c1-2-25-16-9-7-12(8-10-17(21)22)11-15(16)20-18(23)13-5-3-4-6-14(13)19(20)24/h3-7,9,11H,2,8,10H2,1H3,(H,21,22). The topological polar surface area (TPSA) is 83.9 Å². The van der Waals surface area contributed by atoms with E-state index in [9.17, 15) is 14.4 Å². The van der Waals surface area contributed by atoms with E-state index in [1.807, 2.05) is 6.92 Å². The number of carboxylic acids is 1.